The van der Waals surface area contributed by atoms with Gasteiger partial charge in [0.05, 0.1) is 0 Å². The van der Waals surface area contributed by atoms with Gasteiger partial charge in [0.25, 0.3) is 5.91 Å². The smallest absolute Gasteiger partial charge is 0.251 e. The first-order valence-corrected chi connectivity index (χ1v) is 11.1. The Morgan fingerprint density at radius 1 is 1.17 bits per heavy atom. The maximum Gasteiger partial charge on any atom is 0.251 e. The third-order valence-corrected chi connectivity index (χ3v) is 5.57. The second kappa shape index (κ2) is 10.1. The molecule has 0 bridgehead atoms. The number of aromatic nitrogens is 2. The van der Waals surface area contributed by atoms with E-state index in [-0.39, 0.29) is 17.7 Å². The number of anilines is 1. The van der Waals surface area contributed by atoms with Gasteiger partial charge in [-0.05, 0) is 54.6 Å². The van der Waals surface area contributed by atoms with Gasteiger partial charge in [-0.25, -0.2) is 4.98 Å². The standard InChI is InChI=1S/C23H26N4O2S/c1-4-16(2)21(28)26-19-7-5-6-17(14-19)15-25-22(29)18-8-10-20(11-9-18)27-13-12-24-23(27)30-3/h5-14,16H,4,15H2,1-3H3,(H,25,29)(H,26,28). The van der Waals surface area contributed by atoms with Crippen molar-refractivity contribution in [3.63, 3.8) is 0 Å². The van der Waals surface area contributed by atoms with Crippen LogP contribution in [0.3, 0.4) is 0 Å². The van der Waals surface area contributed by atoms with Gasteiger partial charge >= 0.3 is 0 Å². The summed E-state index contributed by atoms with van der Waals surface area (Å²) in [6, 6.07) is 14.9. The number of benzene rings is 2. The molecule has 6 nitrogen and oxygen atoms in total. The van der Waals surface area contributed by atoms with Gasteiger partial charge in [-0.3, -0.25) is 14.2 Å². The third kappa shape index (κ3) is 5.30. The van der Waals surface area contributed by atoms with Crippen LogP contribution in [0.5, 0.6) is 0 Å². The summed E-state index contributed by atoms with van der Waals surface area (Å²) in [7, 11) is 0. The number of hydrogen-bond acceptors (Lipinski definition) is 4. The quantitative estimate of drug-likeness (QED) is 0.524. The Labute approximate surface area is 181 Å². The van der Waals surface area contributed by atoms with Gasteiger partial charge in [0.1, 0.15) is 0 Å². The van der Waals surface area contributed by atoms with E-state index in [1.165, 1.54) is 0 Å². The first kappa shape index (κ1) is 21.6. The average molecular weight is 423 g/mol. The topological polar surface area (TPSA) is 76.0 Å². The number of thioether (sulfide) groups is 1. The van der Waals surface area contributed by atoms with E-state index >= 15 is 0 Å². The highest BCUT2D eigenvalue weighted by atomic mass is 32.2. The summed E-state index contributed by atoms with van der Waals surface area (Å²) < 4.78 is 1.98. The van der Waals surface area contributed by atoms with E-state index in [4.69, 9.17) is 0 Å². The molecule has 2 aromatic carbocycles. The molecule has 0 saturated carbocycles. The highest BCUT2D eigenvalue weighted by Gasteiger charge is 2.11. The van der Waals surface area contributed by atoms with Crippen LogP contribution in [-0.4, -0.2) is 27.6 Å². The lowest BCUT2D eigenvalue weighted by Crippen LogP contribution is -2.23. The van der Waals surface area contributed by atoms with Gasteiger partial charge < -0.3 is 10.6 Å². The predicted molar refractivity (Wildman–Crippen MR) is 121 cm³/mol. The van der Waals surface area contributed by atoms with E-state index in [2.05, 4.69) is 15.6 Å². The minimum Gasteiger partial charge on any atom is -0.348 e. The van der Waals surface area contributed by atoms with Crippen LogP contribution in [0.1, 0.15) is 36.2 Å². The zero-order valence-corrected chi connectivity index (χ0v) is 18.2. The number of nitrogens with zero attached hydrogens (tertiary/aromatic N) is 2. The van der Waals surface area contributed by atoms with Crippen LogP contribution >= 0.6 is 11.8 Å². The van der Waals surface area contributed by atoms with Crippen LogP contribution in [0.15, 0.2) is 66.1 Å². The van der Waals surface area contributed by atoms with E-state index in [0.717, 1.165) is 28.5 Å². The molecule has 1 unspecified atom stereocenters. The summed E-state index contributed by atoms with van der Waals surface area (Å²) in [6.45, 7) is 4.27. The molecule has 2 amide bonds. The van der Waals surface area contributed by atoms with Crippen LogP contribution in [0.2, 0.25) is 0 Å². The van der Waals surface area contributed by atoms with Crippen molar-refractivity contribution < 1.29 is 9.59 Å². The summed E-state index contributed by atoms with van der Waals surface area (Å²) in [5.41, 5.74) is 3.20. The molecule has 30 heavy (non-hydrogen) atoms. The molecule has 0 radical (unpaired) electrons. The highest BCUT2D eigenvalue weighted by molar-refractivity contribution is 7.98. The fourth-order valence-corrected chi connectivity index (χ4v) is 3.43. The van der Waals surface area contributed by atoms with Gasteiger partial charge in [0.2, 0.25) is 5.91 Å². The Kier molecular flexibility index (Phi) is 7.30. The molecule has 3 rings (SSSR count). The molecule has 0 fully saturated rings. The molecule has 1 atom stereocenters. The Morgan fingerprint density at radius 2 is 1.93 bits per heavy atom. The molecule has 2 N–H and O–H groups in total. The van der Waals surface area contributed by atoms with Crippen molar-refractivity contribution >= 4 is 29.3 Å². The van der Waals surface area contributed by atoms with Crippen LogP contribution in [0.4, 0.5) is 5.69 Å². The van der Waals surface area contributed by atoms with E-state index in [0.29, 0.717) is 12.1 Å². The van der Waals surface area contributed by atoms with Crippen LogP contribution in [0, 0.1) is 5.92 Å². The first-order chi connectivity index (χ1) is 14.5. The molecule has 7 heteroatoms. The van der Waals surface area contributed by atoms with Crippen molar-refractivity contribution in [1.82, 2.24) is 14.9 Å². The number of amides is 2. The lowest BCUT2D eigenvalue weighted by Gasteiger charge is -2.12. The number of nitrogens with one attached hydrogen (secondary N) is 2. The highest BCUT2D eigenvalue weighted by Crippen LogP contribution is 2.18. The van der Waals surface area contributed by atoms with Gasteiger partial charge in [-0.2, -0.15) is 0 Å². The van der Waals surface area contributed by atoms with Crippen molar-refractivity contribution in [2.24, 2.45) is 5.92 Å². The fourth-order valence-electron chi connectivity index (χ4n) is 2.90. The number of imidazole rings is 1. The minimum absolute atomic E-state index is 0.00120. The summed E-state index contributed by atoms with van der Waals surface area (Å²) >= 11 is 1.57. The van der Waals surface area contributed by atoms with Crippen molar-refractivity contribution in [1.29, 1.82) is 0 Å². The molecule has 3 aromatic rings. The third-order valence-electron chi connectivity index (χ3n) is 4.90. The van der Waals surface area contributed by atoms with Crippen molar-refractivity contribution in [2.75, 3.05) is 11.6 Å². The second-order valence-electron chi connectivity index (χ2n) is 7.01. The van der Waals surface area contributed by atoms with Crippen LogP contribution in [0.25, 0.3) is 5.69 Å². The van der Waals surface area contributed by atoms with Gasteiger partial charge in [0.15, 0.2) is 5.16 Å². The molecule has 1 heterocycles. The van der Waals surface area contributed by atoms with E-state index in [1.807, 2.05) is 67.3 Å². The molecule has 0 saturated heterocycles. The summed E-state index contributed by atoms with van der Waals surface area (Å²) in [6.07, 6.45) is 6.42. The Balaban J connectivity index is 1.60. The number of carbonyl (C=O) groups is 2. The van der Waals surface area contributed by atoms with Crippen molar-refractivity contribution in [3.05, 3.63) is 72.1 Å². The molecule has 0 aliphatic heterocycles. The molecule has 156 valence electrons. The summed E-state index contributed by atoms with van der Waals surface area (Å²) in [5, 5.41) is 6.75. The Morgan fingerprint density at radius 3 is 2.63 bits per heavy atom. The molecule has 0 aliphatic rings. The fraction of sp³-hybridized carbons (Fsp3) is 0.261. The monoisotopic (exact) mass is 422 g/mol. The normalized spacial score (nSPS) is 11.7. The zero-order valence-electron chi connectivity index (χ0n) is 17.4. The second-order valence-corrected chi connectivity index (χ2v) is 7.79. The maximum absolute atomic E-state index is 12.5. The number of hydrogen-bond donors (Lipinski definition) is 2. The largest absolute Gasteiger partial charge is 0.348 e. The summed E-state index contributed by atoms with van der Waals surface area (Å²) in [4.78, 5) is 28.9. The molecule has 0 spiro atoms. The molecular weight excluding hydrogens is 396 g/mol. The predicted octanol–water partition coefficient (Wildman–Crippen LogP) is 4.51. The van der Waals surface area contributed by atoms with E-state index in [1.54, 1.807) is 30.1 Å². The minimum atomic E-state index is -0.147. The van der Waals surface area contributed by atoms with Gasteiger partial charge in [-0.1, -0.05) is 37.7 Å². The maximum atomic E-state index is 12.5. The van der Waals surface area contributed by atoms with Crippen molar-refractivity contribution in [2.45, 2.75) is 32.0 Å². The number of carbonyl (C=O) groups excluding carboxylic acids is 2. The van der Waals surface area contributed by atoms with Gasteiger partial charge in [-0.15, -0.1) is 0 Å². The average Bonchev–Trinajstić information content (AvgIpc) is 3.26. The van der Waals surface area contributed by atoms with Crippen LogP contribution < -0.4 is 10.6 Å². The van der Waals surface area contributed by atoms with Gasteiger partial charge in [0, 0.05) is 41.8 Å². The Bertz CT molecular complexity index is 1010. The van der Waals surface area contributed by atoms with E-state index in [9.17, 15) is 9.59 Å². The molecule has 0 aliphatic carbocycles. The molecular formula is C23H26N4O2S. The zero-order chi connectivity index (χ0) is 21.5. The lowest BCUT2D eigenvalue weighted by molar-refractivity contribution is -0.119. The van der Waals surface area contributed by atoms with E-state index < -0.39 is 0 Å². The SMILES string of the molecule is CCC(C)C(=O)Nc1cccc(CNC(=O)c2ccc(-n3ccnc3SC)cc2)c1. The molecule has 1 aromatic heterocycles. The van der Waals surface area contributed by atoms with Crippen LogP contribution in [-0.2, 0) is 11.3 Å². The van der Waals surface area contributed by atoms with Crippen molar-refractivity contribution in [3.8, 4) is 5.69 Å². The Hall–Kier alpha value is -3.06. The summed E-state index contributed by atoms with van der Waals surface area (Å²) in [5.74, 6) is -0.182. The lowest BCUT2D eigenvalue weighted by atomic mass is 10.1. The first-order valence-electron chi connectivity index (χ1n) is 9.87. The number of rotatable bonds is 8.